The van der Waals surface area contributed by atoms with Gasteiger partial charge < -0.3 is 5.32 Å². The Labute approximate surface area is 190 Å². The predicted molar refractivity (Wildman–Crippen MR) is 120 cm³/mol. The van der Waals surface area contributed by atoms with Gasteiger partial charge in [-0.25, -0.2) is 4.57 Å². The van der Waals surface area contributed by atoms with Crippen molar-refractivity contribution in [3.63, 3.8) is 0 Å². The number of rotatable bonds is 5. The molecule has 4 rings (SSSR count). The minimum absolute atomic E-state index is 0.251. The predicted octanol–water partition coefficient (Wildman–Crippen LogP) is 3.81. The maximum Gasteiger partial charge on any atom is 0.405 e. The number of hydrogen-bond acceptors (Lipinski definition) is 5. The Hall–Kier alpha value is -3.34. The van der Waals surface area contributed by atoms with Gasteiger partial charge in [0.15, 0.2) is 5.16 Å². The quantitative estimate of drug-likeness (QED) is 0.444. The third-order valence-electron chi connectivity index (χ3n) is 5.17. The first kappa shape index (κ1) is 22.8. The monoisotopic (exact) mass is 475 g/mol. The first-order valence-electron chi connectivity index (χ1n) is 10.0. The molecule has 0 fully saturated rings. The van der Waals surface area contributed by atoms with Crippen LogP contribution >= 0.6 is 11.8 Å². The van der Waals surface area contributed by atoms with Gasteiger partial charge in [0.25, 0.3) is 5.56 Å². The number of amides is 1. The van der Waals surface area contributed by atoms with E-state index in [9.17, 15) is 22.8 Å². The number of nitrogens with zero attached hydrogens (tertiary/aromatic N) is 4. The summed E-state index contributed by atoms with van der Waals surface area (Å²) in [6.07, 6.45) is -4.50. The molecule has 0 bridgehead atoms. The molecule has 7 nitrogen and oxygen atoms in total. The summed E-state index contributed by atoms with van der Waals surface area (Å²) in [5.41, 5.74) is 2.68. The van der Waals surface area contributed by atoms with Crippen LogP contribution in [-0.4, -0.2) is 43.0 Å². The molecule has 0 aliphatic heterocycles. The highest BCUT2D eigenvalue weighted by Crippen LogP contribution is 2.28. The molecule has 0 saturated heterocycles. The maximum atomic E-state index is 13.5. The average Bonchev–Trinajstić information content (AvgIpc) is 3.16. The van der Waals surface area contributed by atoms with Gasteiger partial charge in [0.05, 0.1) is 21.8 Å². The fourth-order valence-electron chi connectivity index (χ4n) is 3.66. The number of thioether (sulfide) groups is 1. The van der Waals surface area contributed by atoms with Crippen molar-refractivity contribution in [1.82, 2.24) is 24.5 Å². The lowest BCUT2D eigenvalue weighted by Gasteiger charge is -2.16. The Morgan fingerprint density at radius 2 is 1.76 bits per heavy atom. The van der Waals surface area contributed by atoms with Crippen LogP contribution in [-0.2, 0) is 4.79 Å². The second kappa shape index (κ2) is 8.54. The second-order valence-electron chi connectivity index (χ2n) is 7.61. The van der Waals surface area contributed by atoms with E-state index in [1.165, 1.54) is 11.5 Å². The number of halogens is 3. The number of carbonyl (C=O) groups excluding carboxylic acids is 1. The molecule has 0 aliphatic rings. The van der Waals surface area contributed by atoms with Gasteiger partial charge >= 0.3 is 6.18 Å². The van der Waals surface area contributed by atoms with E-state index in [2.05, 4.69) is 10.2 Å². The normalized spacial score (nSPS) is 12.9. The highest BCUT2D eigenvalue weighted by atomic mass is 32.2. The molecule has 11 heteroatoms. The molecule has 1 unspecified atom stereocenters. The van der Waals surface area contributed by atoms with Crippen LogP contribution in [0.15, 0.2) is 52.4 Å². The lowest BCUT2D eigenvalue weighted by atomic mass is 10.1. The summed E-state index contributed by atoms with van der Waals surface area (Å²) in [6.45, 7) is 3.85. The van der Waals surface area contributed by atoms with Crippen LogP contribution in [0.2, 0.25) is 0 Å². The van der Waals surface area contributed by atoms with E-state index in [0.717, 1.165) is 22.9 Å². The molecule has 2 aromatic heterocycles. The molecule has 33 heavy (non-hydrogen) atoms. The van der Waals surface area contributed by atoms with Crippen LogP contribution in [0.3, 0.4) is 0 Å². The summed E-state index contributed by atoms with van der Waals surface area (Å²) >= 11 is 0.966. The van der Waals surface area contributed by atoms with Gasteiger partial charge in [0.2, 0.25) is 11.7 Å². The lowest BCUT2D eigenvalue weighted by molar-refractivity contribution is -0.137. The van der Waals surface area contributed by atoms with Gasteiger partial charge in [-0.3, -0.25) is 14.0 Å². The highest BCUT2D eigenvalue weighted by Gasteiger charge is 2.29. The van der Waals surface area contributed by atoms with Crippen molar-refractivity contribution in [2.45, 2.75) is 37.4 Å². The molecule has 1 N–H and O–H groups in total. The second-order valence-corrected chi connectivity index (χ2v) is 8.92. The van der Waals surface area contributed by atoms with Crippen molar-refractivity contribution < 1.29 is 18.0 Å². The van der Waals surface area contributed by atoms with Crippen LogP contribution in [0.4, 0.5) is 13.2 Å². The third-order valence-corrected chi connectivity index (χ3v) is 6.21. The largest absolute Gasteiger partial charge is 0.405 e. The van der Waals surface area contributed by atoms with E-state index in [0.29, 0.717) is 16.6 Å². The molecule has 0 saturated carbocycles. The zero-order valence-corrected chi connectivity index (χ0v) is 18.8. The summed E-state index contributed by atoms with van der Waals surface area (Å²) in [7, 11) is 0. The van der Waals surface area contributed by atoms with E-state index >= 15 is 0 Å². The number of carbonyl (C=O) groups is 1. The van der Waals surface area contributed by atoms with E-state index in [-0.39, 0.29) is 16.5 Å². The number of aryl methyl sites for hydroxylation is 2. The highest BCUT2D eigenvalue weighted by molar-refractivity contribution is 8.00. The van der Waals surface area contributed by atoms with Crippen LogP contribution in [0.1, 0.15) is 18.1 Å². The van der Waals surface area contributed by atoms with Gasteiger partial charge in [-0.2, -0.15) is 13.2 Å². The van der Waals surface area contributed by atoms with E-state index in [1.807, 2.05) is 37.4 Å². The summed E-state index contributed by atoms with van der Waals surface area (Å²) in [6, 6.07) is 12.6. The zero-order valence-electron chi connectivity index (χ0n) is 18.0. The molecule has 2 aromatic carbocycles. The van der Waals surface area contributed by atoms with E-state index < -0.39 is 23.9 Å². The van der Waals surface area contributed by atoms with Crippen molar-refractivity contribution >= 4 is 34.3 Å². The van der Waals surface area contributed by atoms with Gasteiger partial charge in [-0.05, 0) is 44.0 Å². The average molecular weight is 475 g/mol. The minimum atomic E-state index is -4.50. The molecule has 1 amide bonds. The smallest absolute Gasteiger partial charge is 0.346 e. The first-order valence-corrected chi connectivity index (χ1v) is 10.9. The molecular weight excluding hydrogens is 455 g/mol. The van der Waals surface area contributed by atoms with E-state index in [4.69, 9.17) is 0 Å². The number of hydrogen-bond donors (Lipinski definition) is 1. The van der Waals surface area contributed by atoms with Crippen molar-refractivity contribution in [1.29, 1.82) is 0 Å². The van der Waals surface area contributed by atoms with Crippen molar-refractivity contribution in [2.75, 3.05) is 6.54 Å². The zero-order chi connectivity index (χ0) is 23.9. The first-order chi connectivity index (χ1) is 15.6. The van der Waals surface area contributed by atoms with E-state index in [1.54, 1.807) is 28.7 Å². The molecule has 0 aliphatic carbocycles. The summed E-state index contributed by atoms with van der Waals surface area (Å²) in [5.74, 6) is -0.525. The molecule has 2 heterocycles. The molecule has 172 valence electrons. The SMILES string of the molecule is Cc1cccc(C)c1-n1c(=O)c2ccccc2n2c(SC(C)C(=O)NCC(F)(F)F)nnc12. The number of fused-ring (bicyclic) bond motifs is 3. The van der Waals surface area contributed by atoms with Crippen LogP contribution in [0, 0.1) is 13.8 Å². The Morgan fingerprint density at radius 1 is 1.09 bits per heavy atom. The standard InChI is InChI=1S/C22H20F3N5O2S/c1-12-7-6-8-13(2)17(12)30-19(32)15-9-4-5-10-16(15)29-20(30)27-28-21(29)33-14(3)18(31)26-11-22(23,24)25/h4-10,14H,11H2,1-3H3,(H,26,31). The summed E-state index contributed by atoms with van der Waals surface area (Å²) in [4.78, 5) is 25.7. The molecule has 4 aromatic rings. The fourth-order valence-corrected chi connectivity index (χ4v) is 4.54. The number of alkyl halides is 3. The number of nitrogens with one attached hydrogen (secondary N) is 1. The number of aromatic nitrogens is 4. The minimum Gasteiger partial charge on any atom is -0.346 e. The summed E-state index contributed by atoms with van der Waals surface area (Å²) in [5, 5.41) is 10.1. The van der Waals surface area contributed by atoms with Gasteiger partial charge in [0, 0.05) is 0 Å². The Kier molecular flexibility index (Phi) is 5.91. The van der Waals surface area contributed by atoms with Gasteiger partial charge in [0.1, 0.15) is 6.54 Å². The van der Waals surface area contributed by atoms with Gasteiger partial charge in [-0.15, -0.1) is 10.2 Å². The Morgan fingerprint density at radius 3 is 2.42 bits per heavy atom. The van der Waals surface area contributed by atoms with Crippen LogP contribution < -0.4 is 10.9 Å². The number of para-hydroxylation sites is 2. The molecule has 0 spiro atoms. The van der Waals surface area contributed by atoms with Crippen molar-refractivity contribution in [3.05, 3.63) is 63.9 Å². The fraction of sp³-hybridized carbons (Fsp3) is 0.273. The van der Waals surface area contributed by atoms with Crippen LogP contribution in [0.5, 0.6) is 0 Å². The topological polar surface area (TPSA) is 81.3 Å². The van der Waals surface area contributed by atoms with Crippen molar-refractivity contribution in [3.8, 4) is 5.69 Å². The lowest BCUT2D eigenvalue weighted by Crippen LogP contribution is -2.38. The Balaban J connectivity index is 1.87. The molecular formula is C22H20F3N5O2S. The Bertz CT molecular complexity index is 1410. The van der Waals surface area contributed by atoms with Crippen LogP contribution in [0.25, 0.3) is 22.4 Å². The van der Waals surface area contributed by atoms with Gasteiger partial charge in [-0.1, -0.05) is 42.1 Å². The summed E-state index contributed by atoms with van der Waals surface area (Å²) < 4.78 is 40.5. The van der Waals surface area contributed by atoms with Crippen molar-refractivity contribution in [2.24, 2.45) is 0 Å². The number of benzene rings is 2. The molecule has 0 radical (unpaired) electrons. The maximum absolute atomic E-state index is 13.5. The third kappa shape index (κ3) is 4.32. The molecule has 1 atom stereocenters.